The highest BCUT2D eigenvalue weighted by atomic mass is 16.2. The van der Waals surface area contributed by atoms with Crippen molar-refractivity contribution < 1.29 is 4.79 Å². The molecule has 2 aliphatic rings. The van der Waals surface area contributed by atoms with Crippen LogP contribution < -0.4 is 5.32 Å². The van der Waals surface area contributed by atoms with Crippen molar-refractivity contribution in [3.63, 3.8) is 0 Å². The molecule has 2 fully saturated rings. The maximum atomic E-state index is 12.0. The van der Waals surface area contributed by atoms with Crippen molar-refractivity contribution in [2.45, 2.75) is 70.8 Å². The van der Waals surface area contributed by atoms with Gasteiger partial charge in [-0.1, -0.05) is 26.2 Å². The molecule has 1 N–H and O–H groups in total. The van der Waals surface area contributed by atoms with Gasteiger partial charge >= 0.3 is 0 Å². The van der Waals surface area contributed by atoms with Crippen LogP contribution in [-0.4, -0.2) is 36.5 Å². The molecule has 1 saturated heterocycles. The molecule has 2 rings (SSSR count). The molecule has 0 bridgehead atoms. The van der Waals surface area contributed by atoms with Gasteiger partial charge in [-0.3, -0.25) is 4.79 Å². The molecule has 0 unspecified atom stereocenters. The van der Waals surface area contributed by atoms with E-state index < -0.39 is 0 Å². The van der Waals surface area contributed by atoms with Crippen LogP contribution in [0.15, 0.2) is 0 Å². The van der Waals surface area contributed by atoms with Gasteiger partial charge in [-0.15, -0.1) is 0 Å². The predicted molar refractivity (Wildman–Crippen MR) is 79.1 cm³/mol. The fourth-order valence-electron chi connectivity index (χ4n) is 2.85. The summed E-state index contributed by atoms with van der Waals surface area (Å²) in [5, 5.41) is 3.66. The average Bonchev–Trinajstić information content (AvgIpc) is 3.26. The molecule has 0 spiro atoms. The van der Waals surface area contributed by atoms with Gasteiger partial charge in [-0.05, 0) is 44.6 Å². The van der Waals surface area contributed by atoms with Gasteiger partial charge in [-0.25, -0.2) is 0 Å². The lowest BCUT2D eigenvalue weighted by Gasteiger charge is -2.32. The van der Waals surface area contributed by atoms with Crippen LogP contribution in [-0.2, 0) is 4.79 Å². The summed E-state index contributed by atoms with van der Waals surface area (Å²) in [6.07, 6.45) is 10.7. The van der Waals surface area contributed by atoms with Gasteiger partial charge in [0.25, 0.3) is 0 Å². The Labute approximate surface area is 118 Å². The largest absolute Gasteiger partial charge is 0.343 e. The molecule has 1 aliphatic heterocycles. The fourth-order valence-corrected chi connectivity index (χ4v) is 2.85. The Morgan fingerprint density at radius 1 is 1.11 bits per heavy atom. The number of piperidine rings is 1. The Kier molecular flexibility index (Phi) is 6.15. The summed E-state index contributed by atoms with van der Waals surface area (Å²) in [6.45, 7) is 5.35. The van der Waals surface area contributed by atoms with Crippen LogP contribution >= 0.6 is 0 Å². The smallest absolute Gasteiger partial charge is 0.222 e. The third-order valence-electron chi connectivity index (χ3n) is 4.48. The van der Waals surface area contributed by atoms with E-state index in [9.17, 15) is 4.79 Å². The van der Waals surface area contributed by atoms with E-state index in [1.54, 1.807) is 0 Å². The number of hydrogen-bond acceptors (Lipinski definition) is 2. The van der Waals surface area contributed by atoms with Crippen molar-refractivity contribution in [3.05, 3.63) is 0 Å². The Balaban J connectivity index is 1.54. The molecule has 1 saturated carbocycles. The number of hydrogen-bond donors (Lipinski definition) is 1. The van der Waals surface area contributed by atoms with Crippen LogP contribution in [0.2, 0.25) is 0 Å². The number of unbranched alkanes of at least 4 members (excludes halogenated alkanes) is 3. The van der Waals surface area contributed by atoms with Crippen molar-refractivity contribution in [1.82, 2.24) is 10.2 Å². The molecule has 0 aromatic rings. The number of nitrogens with one attached hydrogen (secondary N) is 1. The van der Waals surface area contributed by atoms with E-state index in [2.05, 4.69) is 17.1 Å². The highest BCUT2D eigenvalue weighted by Crippen LogP contribution is 2.28. The first-order chi connectivity index (χ1) is 9.29. The van der Waals surface area contributed by atoms with E-state index in [1.165, 1.54) is 38.6 Å². The SMILES string of the molecule is CCCCCCC(=O)N1CCC(NCC2CC2)CC1. The number of likely N-dealkylation sites (tertiary alicyclic amines) is 1. The van der Waals surface area contributed by atoms with Crippen molar-refractivity contribution in [3.8, 4) is 0 Å². The number of nitrogens with zero attached hydrogens (tertiary/aromatic N) is 1. The van der Waals surface area contributed by atoms with Gasteiger partial charge in [0, 0.05) is 25.6 Å². The maximum Gasteiger partial charge on any atom is 0.222 e. The van der Waals surface area contributed by atoms with Crippen molar-refractivity contribution in [2.75, 3.05) is 19.6 Å². The summed E-state index contributed by atoms with van der Waals surface area (Å²) in [4.78, 5) is 14.1. The van der Waals surface area contributed by atoms with Crippen LogP contribution in [0.1, 0.15) is 64.7 Å². The van der Waals surface area contributed by atoms with Crippen molar-refractivity contribution in [1.29, 1.82) is 0 Å². The second-order valence-corrected chi connectivity index (χ2v) is 6.32. The number of amides is 1. The lowest BCUT2D eigenvalue weighted by Crippen LogP contribution is -2.45. The highest BCUT2D eigenvalue weighted by molar-refractivity contribution is 5.76. The number of carbonyl (C=O) groups is 1. The zero-order chi connectivity index (χ0) is 13.5. The van der Waals surface area contributed by atoms with E-state index in [1.807, 2.05) is 0 Å². The maximum absolute atomic E-state index is 12.0. The lowest BCUT2D eigenvalue weighted by atomic mass is 10.0. The third-order valence-corrected chi connectivity index (χ3v) is 4.48. The summed E-state index contributed by atoms with van der Waals surface area (Å²) in [6, 6.07) is 0.657. The predicted octanol–water partition coefficient (Wildman–Crippen LogP) is 2.95. The van der Waals surface area contributed by atoms with E-state index in [0.717, 1.165) is 44.7 Å². The summed E-state index contributed by atoms with van der Waals surface area (Å²) in [5.41, 5.74) is 0. The molecular formula is C16H30N2O. The number of rotatable bonds is 8. The van der Waals surface area contributed by atoms with E-state index >= 15 is 0 Å². The van der Waals surface area contributed by atoms with Crippen LogP contribution in [0.4, 0.5) is 0 Å². The molecule has 1 heterocycles. The minimum absolute atomic E-state index is 0.386. The van der Waals surface area contributed by atoms with Gasteiger partial charge < -0.3 is 10.2 Å². The summed E-state index contributed by atoms with van der Waals surface area (Å²) < 4.78 is 0. The Hall–Kier alpha value is -0.570. The van der Waals surface area contributed by atoms with Gasteiger partial charge in [-0.2, -0.15) is 0 Å². The van der Waals surface area contributed by atoms with Gasteiger partial charge in [0.2, 0.25) is 5.91 Å². The molecule has 110 valence electrons. The number of carbonyl (C=O) groups excluding carboxylic acids is 1. The van der Waals surface area contributed by atoms with Crippen LogP contribution in [0, 0.1) is 5.92 Å². The third kappa shape index (κ3) is 5.52. The van der Waals surface area contributed by atoms with E-state index in [-0.39, 0.29) is 0 Å². The molecule has 1 amide bonds. The molecule has 19 heavy (non-hydrogen) atoms. The Bertz CT molecular complexity index is 268. The molecule has 0 atom stereocenters. The van der Waals surface area contributed by atoms with Crippen molar-refractivity contribution in [2.24, 2.45) is 5.92 Å². The standard InChI is InChI=1S/C16H30N2O/c1-2-3-4-5-6-16(19)18-11-9-15(10-12-18)17-13-14-7-8-14/h14-15,17H,2-13H2,1H3. The Morgan fingerprint density at radius 2 is 1.84 bits per heavy atom. The lowest BCUT2D eigenvalue weighted by molar-refractivity contribution is -0.132. The van der Waals surface area contributed by atoms with Crippen molar-refractivity contribution >= 4 is 5.91 Å². The second kappa shape index (κ2) is 7.88. The quantitative estimate of drug-likeness (QED) is 0.685. The Morgan fingerprint density at radius 3 is 2.47 bits per heavy atom. The minimum atomic E-state index is 0.386. The van der Waals surface area contributed by atoms with Gasteiger partial charge in [0.1, 0.15) is 0 Å². The summed E-state index contributed by atoms with van der Waals surface area (Å²) in [7, 11) is 0. The first kappa shape index (κ1) is 14.8. The molecular weight excluding hydrogens is 236 g/mol. The molecule has 0 radical (unpaired) electrons. The average molecular weight is 266 g/mol. The van der Waals surface area contributed by atoms with Crippen LogP contribution in [0.25, 0.3) is 0 Å². The summed E-state index contributed by atoms with van der Waals surface area (Å²) in [5.74, 6) is 1.34. The molecule has 0 aromatic carbocycles. The first-order valence-electron chi connectivity index (χ1n) is 8.30. The first-order valence-corrected chi connectivity index (χ1v) is 8.30. The molecule has 3 nitrogen and oxygen atoms in total. The normalized spacial score (nSPS) is 20.8. The fraction of sp³-hybridized carbons (Fsp3) is 0.938. The zero-order valence-electron chi connectivity index (χ0n) is 12.5. The molecule has 1 aliphatic carbocycles. The van der Waals surface area contributed by atoms with Crippen LogP contribution in [0.3, 0.4) is 0 Å². The van der Waals surface area contributed by atoms with E-state index in [4.69, 9.17) is 0 Å². The monoisotopic (exact) mass is 266 g/mol. The topological polar surface area (TPSA) is 32.3 Å². The summed E-state index contributed by atoms with van der Waals surface area (Å²) >= 11 is 0. The second-order valence-electron chi connectivity index (χ2n) is 6.32. The van der Waals surface area contributed by atoms with Gasteiger partial charge in [0.15, 0.2) is 0 Å². The van der Waals surface area contributed by atoms with Gasteiger partial charge in [0.05, 0.1) is 0 Å². The van der Waals surface area contributed by atoms with Crippen LogP contribution in [0.5, 0.6) is 0 Å². The highest BCUT2D eigenvalue weighted by Gasteiger charge is 2.25. The molecule has 0 aromatic heterocycles. The minimum Gasteiger partial charge on any atom is -0.343 e. The molecule has 3 heteroatoms. The van der Waals surface area contributed by atoms with E-state index in [0.29, 0.717) is 11.9 Å². The zero-order valence-corrected chi connectivity index (χ0v) is 12.5.